The summed E-state index contributed by atoms with van der Waals surface area (Å²) < 4.78 is 29.2. The molecular weight excluding hydrogens is 465 g/mol. The van der Waals surface area contributed by atoms with Crippen molar-refractivity contribution in [3.63, 3.8) is 0 Å². The van der Waals surface area contributed by atoms with E-state index in [0.717, 1.165) is 24.5 Å². The average Bonchev–Trinajstić information content (AvgIpc) is 3.35. The van der Waals surface area contributed by atoms with Crippen molar-refractivity contribution < 1.29 is 13.2 Å². The van der Waals surface area contributed by atoms with E-state index in [9.17, 15) is 8.42 Å². The highest BCUT2D eigenvalue weighted by Crippen LogP contribution is 2.30. The predicted molar refractivity (Wildman–Crippen MR) is 115 cm³/mol. The van der Waals surface area contributed by atoms with Crippen LogP contribution in [-0.2, 0) is 16.4 Å². The molecular formula is C18H28IN3O3S. The number of guanidine groups is 1. The van der Waals surface area contributed by atoms with E-state index in [1.807, 2.05) is 31.2 Å². The molecule has 8 heteroatoms. The maximum atomic E-state index is 11.6. The highest BCUT2D eigenvalue weighted by molar-refractivity contribution is 14.0. The van der Waals surface area contributed by atoms with E-state index in [4.69, 9.17) is 4.74 Å². The summed E-state index contributed by atoms with van der Waals surface area (Å²) in [5, 5.41) is 6.43. The molecule has 26 heavy (non-hydrogen) atoms. The first-order valence-corrected chi connectivity index (χ1v) is 10.8. The molecule has 0 radical (unpaired) electrons. The van der Waals surface area contributed by atoms with Gasteiger partial charge < -0.3 is 15.4 Å². The summed E-state index contributed by atoms with van der Waals surface area (Å²) in [5.74, 6) is 2.68. The third-order valence-electron chi connectivity index (χ3n) is 4.47. The molecule has 1 saturated heterocycles. The lowest BCUT2D eigenvalue weighted by Gasteiger charge is -2.16. The van der Waals surface area contributed by atoms with Crippen molar-refractivity contribution in [2.75, 3.05) is 24.7 Å². The van der Waals surface area contributed by atoms with Gasteiger partial charge in [-0.05, 0) is 38.2 Å². The average molecular weight is 493 g/mol. The topological polar surface area (TPSA) is 79.8 Å². The maximum Gasteiger partial charge on any atom is 0.191 e. The Kier molecular flexibility index (Phi) is 8.00. The van der Waals surface area contributed by atoms with Crippen LogP contribution in [0.15, 0.2) is 29.3 Å². The fourth-order valence-corrected chi connectivity index (χ4v) is 4.53. The molecule has 6 nitrogen and oxygen atoms in total. The van der Waals surface area contributed by atoms with Gasteiger partial charge in [0.1, 0.15) is 5.75 Å². The van der Waals surface area contributed by atoms with Crippen molar-refractivity contribution in [1.29, 1.82) is 0 Å². The van der Waals surface area contributed by atoms with Crippen LogP contribution in [0.25, 0.3) is 0 Å². The Morgan fingerprint density at radius 2 is 2.04 bits per heavy atom. The van der Waals surface area contributed by atoms with Gasteiger partial charge in [0.05, 0.1) is 24.7 Å². The number of rotatable bonds is 7. The summed E-state index contributed by atoms with van der Waals surface area (Å²) in [7, 11) is -2.90. The lowest BCUT2D eigenvalue weighted by molar-refractivity contribution is 0.297. The predicted octanol–water partition coefficient (Wildman–Crippen LogP) is 2.34. The van der Waals surface area contributed by atoms with Crippen LogP contribution in [0.5, 0.6) is 5.75 Å². The second kappa shape index (κ2) is 9.77. The molecule has 2 fully saturated rings. The molecule has 146 valence electrons. The van der Waals surface area contributed by atoms with E-state index in [2.05, 4.69) is 15.6 Å². The zero-order valence-electron chi connectivity index (χ0n) is 15.1. The van der Waals surface area contributed by atoms with Gasteiger partial charge in [-0.25, -0.2) is 13.4 Å². The number of benzene rings is 1. The summed E-state index contributed by atoms with van der Waals surface area (Å²) in [5.41, 5.74) is 1.04. The molecule has 1 atom stereocenters. The van der Waals surface area contributed by atoms with Crippen LogP contribution in [0.4, 0.5) is 0 Å². The van der Waals surface area contributed by atoms with Gasteiger partial charge in [-0.3, -0.25) is 0 Å². The van der Waals surface area contributed by atoms with Crippen molar-refractivity contribution >= 4 is 39.8 Å². The van der Waals surface area contributed by atoms with Gasteiger partial charge in [0.2, 0.25) is 0 Å². The Labute approximate surface area is 173 Å². The number of hydrogen-bond donors (Lipinski definition) is 2. The molecule has 1 unspecified atom stereocenters. The maximum absolute atomic E-state index is 11.6. The second-order valence-corrected chi connectivity index (χ2v) is 9.03. The Bertz CT molecular complexity index is 720. The fourth-order valence-electron chi connectivity index (χ4n) is 2.85. The quantitative estimate of drug-likeness (QED) is 0.347. The van der Waals surface area contributed by atoms with Gasteiger partial charge >= 0.3 is 0 Å². The molecule has 1 aromatic carbocycles. The Hall–Kier alpha value is -1.03. The van der Waals surface area contributed by atoms with Crippen LogP contribution >= 0.6 is 24.0 Å². The standard InChI is InChI=1S/C18H27N3O3S.HI/c1-2-19-18(21-16-9-10-25(22,23)13-16)20-11-15-5-3-4-6-17(15)24-12-14-7-8-14;/h3-6,14,16H,2,7-13H2,1H3,(H2,19,20,21);1H. The van der Waals surface area contributed by atoms with Gasteiger partial charge in [-0.15, -0.1) is 24.0 Å². The lowest BCUT2D eigenvalue weighted by Crippen LogP contribution is -2.44. The molecule has 0 bridgehead atoms. The first-order chi connectivity index (χ1) is 12.1. The number of halogens is 1. The number of aliphatic imine (C=N–C) groups is 1. The highest BCUT2D eigenvalue weighted by Gasteiger charge is 2.28. The van der Waals surface area contributed by atoms with E-state index in [1.165, 1.54) is 12.8 Å². The van der Waals surface area contributed by atoms with E-state index >= 15 is 0 Å². The van der Waals surface area contributed by atoms with Crippen LogP contribution in [0.1, 0.15) is 31.7 Å². The second-order valence-electron chi connectivity index (χ2n) is 6.80. The van der Waals surface area contributed by atoms with Crippen molar-refractivity contribution in [2.45, 2.75) is 38.8 Å². The van der Waals surface area contributed by atoms with Gasteiger partial charge in [0, 0.05) is 18.2 Å². The van der Waals surface area contributed by atoms with Gasteiger partial charge in [0.25, 0.3) is 0 Å². The SMILES string of the molecule is CCNC(=NCc1ccccc1OCC1CC1)NC1CCS(=O)(=O)C1.I. The van der Waals surface area contributed by atoms with E-state index in [0.29, 0.717) is 24.8 Å². The molecule has 2 aliphatic rings. The molecule has 2 N–H and O–H groups in total. The molecule has 1 aliphatic heterocycles. The normalized spacial score (nSPS) is 21.7. The van der Waals surface area contributed by atoms with Crippen LogP contribution in [-0.4, -0.2) is 45.1 Å². The van der Waals surface area contributed by atoms with Crippen LogP contribution < -0.4 is 15.4 Å². The minimum atomic E-state index is -2.90. The first kappa shape index (κ1) is 21.3. The van der Waals surface area contributed by atoms with E-state index in [-0.39, 0.29) is 41.5 Å². The van der Waals surface area contributed by atoms with E-state index < -0.39 is 9.84 Å². The first-order valence-electron chi connectivity index (χ1n) is 9.01. The molecule has 1 heterocycles. The van der Waals surface area contributed by atoms with Crippen LogP contribution in [0.2, 0.25) is 0 Å². The summed E-state index contributed by atoms with van der Waals surface area (Å²) in [6.45, 7) is 4.00. The smallest absolute Gasteiger partial charge is 0.191 e. The summed E-state index contributed by atoms with van der Waals surface area (Å²) in [4.78, 5) is 4.62. The van der Waals surface area contributed by atoms with Crippen molar-refractivity contribution in [3.8, 4) is 5.75 Å². The number of para-hydroxylation sites is 1. The number of nitrogens with one attached hydrogen (secondary N) is 2. The Morgan fingerprint density at radius 3 is 2.69 bits per heavy atom. The Balaban J connectivity index is 0.00000243. The van der Waals surface area contributed by atoms with Gasteiger partial charge in [-0.2, -0.15) is 0 Å². The highest BCUT2D eigenvalue weighted by atomic mass is 127. The van der Waals surface area contributed by atoms with E-state index in [1.54, 1.807) is 0 Å². The lowest BCUT2D eigenvalue weighted by atomic mass is 10.2. The molecule has 0 spiro atoms. The number of sulfone groups is 1. The monoisotopic (exact) mass is 493 g/mol. The molecule has 0 amide bonds. The van der Waals surface area contributed by atoms with Crippen LogP contribution in [0.3, 0.4) is 0 Å². The number of ether oxygens (including phenoxy) is 1. The fraction of sp³-hybridized carbons (Fsp3) is 0.611. The van der Waals surface area contributed by atoms with Crippen LogP contribution in [0, 0.1) is 5.92 Å². The molecule has 0 aromatic heterocycles. The number of nitrogens with zero attached hydrogens (tertiary/aromatic N) is 1. The Morgan fingerprint density at radius 1 is 1.27 bits per heavy atom. The molecule has 1 aliphatic carbocycles. The molecule has 3 rings (SSSR count). The summed E-state index contributed by atoms with van der Waals surface area (Å²) >= 11 is 0. The van der Waals surface area contributed by atoms with Gasteiger partial charge in [-0.1, -0.05) is 18.2 Å². The zero-order valence-corrected chi connectivity index (χ0v) is 18.3. The summed E-state index contributed by atoms with van der Waals surface area (Å²) in [6, 6.07) is 7.90. The number of hydrogen-bond acceptors (Lipinski definition) is 4. The summed E-state index contributed by atoms with van der Waals surface area (Å²) in [6.07, 6.45) is 3.16. The van der Waals surface area contributed by atoms with Gasteiger partial charge in [0.15, 0.2) is 15.8 Å². The van der Waals surface area contributed by atoms with Crippen molar-refractivity contribution in [2.24, 2.45) is 10.9 Å². The largest absolute Gasteiger partial charge is 0.493 e. The van der Waals surface area contributed by atoms with Crippen molar-refractivity contribution in [3.05, 3.63) is 29.8 Å². The minimum Gasteiger partial charge on any atom is -0.493 e. The molecule has 1 saturated carbocycles. The minimum absolute atomic E-state index is 0. The molecule has 1 aromatic rings. The zero-order chi connectivity index (χ0) is 17.7. The van der Waals surface area contributed by atoms with Crippen molar-refractivity contribution in [1.82, 2.24) is 10.6 Å². The third kappa shape index (κ3) is 6.61. The third-order valence-corrected chi connectivity index (χ3v) is 6.24.